The van der Waals surface area contributed by atoms with E-state index in [1.807, 2.05) is 31.3 Å². The Hall–Kier alpha value is -2.38. The summed E-state index contributed by atoms with van der Waals surface area (Å²) in [5, 5.41) is 10.7. The molecule has 1 amide bonds. The number of ether oxygens (including phenoxy) is 1. The zero-order valence-electron chi connectivity index (χ0n) is 14.6. The summed E-state index contributed by atoms with van der Waals surface area (Å²) in [5.74, 6) is -0.0105. The molecule has 1 aliphatic carbocycles. The maximum absolute atomic E-state index is 12.6. The molecule has 0 radical (unpaired) electrons. The van der Waals surface area contributed by atoms with E-state index in [4.69, 9.17) is 4.74 Å². The highest BCUT2D eigenvalue weighted by atomic mass is 32.2. The van der Waals surface area contributed by atoms with Gasteiger partial charge in [-0.15, -0.1) is 0 Å². The summed E-state index contributed by atoms with van der Waals surface area (Å²) in [5.41, 5.74) is 0.714. The third-order valence-electron chi connectivity index (χ3n) is 4.68. The number of methoxy groups -OCH3 is 1. The lowest BCUT2D eigenvalue weighted by molar-refractivity contribution is -0.384. The van der Waals surface area contributed by atoms with Gasteiger partial charge in [0.25, 0.3) is 11.6 Å². The summed E-state index contributed by atoms with van der Waals surface area (Å²) in [6.07, 6.45) is 2.08. The maximum Gasteiger partial charge on any atom is 0.269 e. The molecule has 0 spiro atoms. The van der Waals surface area contributed by atoms with Crippen molar-refractivity contribution in [3.05, 3.63) is 64.2 Å². The van der Waals surface area contributed by atoms with Crippen LogP contribution in [0.15, 0.2) is 58.3 Å². The number of carbonyl (C=O) groups excluding carboxylic acids is 1. The van der Waals surface area contributed by atoms with Crippen molar-refractivity contribution >= 4 is 23.4 Å². The van der Waals surface area contributed by atoms with Crippen molar-refractivity contribution in [2.45, 2.75) is 34.8 Å². The van der Waals surface area contributed by atoms with E-state index in [1.165, 1.54) is 23.9 Å². The lowest BCUT2D eigenvalue weighted by atomic mass is 9.87. The van der Waals surface area contributed by atoms with Crippen molar-refractivity contribution in [3.63, 3.8) is 0 Å². The van der Waals surface area contributed by atoms with Crippen molar-refractivity contribution in [2.75, 3.05) is 14.2 Å². The van der Waals surface area contributed by atoms with Crippen LogP contribution in [0.5, 0.6) is 0 Å². The quantitative estimate of drug-likeness (QED) is 0.566. The highest BCUT2D eigenvalue weighted by molar-refractivity contribution is 7.99. The van der Waals surface area contributed by atoms with Gasteiger partial charge in [-0.25, -0.2) is 0 Å². The third-order valence-corrected chi connectivity index (χ3v) is 5.70. The number of nitrogens with zero attached hydrogens (tertiary/aromatic N) is 2. The van der Waals surface area contributed by atoms with Crippen molar-refractivity contribution in [1.82, 2.24) is 4.90 Å². The molecule has 2 atom stereocenters. The Morgan fingerprint density at radius 3 is 2.15 bits per heavy atom. The first kappa shape index (κ1) is 18.4. The minimum Gasteiger partial charge on any atom is -0.379 e. The van der Waals surface area contributed by atoms with Gasteiger partial charge in [-0.1, -0.05) is 11.8 Å². The van der Waals surface area contributed by atoms with Gasteiger partial charge in [0.15, 0.2) is 0 Å². The fraction of sp³-hybridized carbons (Fsp3) is 0.316. The largest absolute Gasteiger partial charge is 0.379 e. The molecule has 0 N–H and O–H groups in total. The van der Waals surface area contributed by atoms with Crippen molar-refractivity contribution in [2.24, 2.45) is 0 Å². The van der Waals surface area contributed by atoms with Crippen LogP contribution in [0.2, 0.25) is 0 Å². The normalized spacial score (nSPS) is 18.8. The Balaban J connectivity index is 1.64. The molecule has 26 heavy (non-hydrogen) atoms. The number of non-ortho nitro benzene ring substituents is 1. The molecule has 7 heteroatoms. The molecule has 2 aromatic carbocycles. The molecule has 0 unspecified atom stereocenters. The highest BCUT2D eigenvalue weighted by Crippen LogP contribution is 2.30. The van der Waals surface area contributed by atoms with Gasteiger partial charge in [0, 0.05) is 41.6 Å². The van der Waals surface area contributed by atoms with Gasteiger partial charge in [0.05, 0.1) is 17.1 Å². The molecule has 6 nitrogen and oxygen atoms in total. The lowest BCUT2D eigenvalue weighted by Gasteiger charge is -2.41. The lowest BCUT2D eigenvalue weighted by Crippen LogP contribution is -2.51. The van der Waals surface area contributed by atoms with Crippen LogP contribution in [0.25, 0.3) is 0 Å². The first-order valence-electron chi connectivity index (χ1n) is 8.32. The predicted octanol–water partition coefficient (Wildman–Crippen LogP) is 4.00. The molecule has 0 bridgehead atoms. The van der Waals surface area contributed by atoms with E-state index < -0.39 is 4.92 Å². The summed E-state index contributed by atoms with van der Waals surface area (Å²) in [6, 6.07) is 14.0. The second-order valence-electron chi connectivity index (χ2n) is 6.21. The van der Waals surface area contributed by atoms with E-state index in [2.05, 4.69) is 0 Å². The summed E-state index contributed by atoms with van der Waals surface area (Å²) >= 11 is 1.50. The number of nitro benzene ring substituents is 1. The van der Waals surface area contributed by atoms with Crippen LogP contribution >= 0.6 is 11.8 Å². The van der Waals surface area contributed by atoms with E-state index >= 15 is 0 Å². The molecule has 1 saturated carbocycles. The second-order valence-corrected chi connectivity index (χ2v) is 7.36. The minimum absolute atomic E-state index is 0.0105. The molecule has 1 aliphatic rings. The molecule has 0 saturated heterocycles. The summed E-state index contributed by atoms with van der Waals surface area (Å²) in [6.45, 7) is 0. The number of hydrogen-bond donors (Lipinski definition) is 0. The Kier molecular flexibility index (Phi) is 5.58. The molecular weight excluding hydrogens is 352 g/mol. The van der Waals surface area contributed by atoms with Gasteiger partial charge in [-0.3, -0.25) is 14.9 Å². The van der Waals surface area contributed by atoms with Crippen LogP contribution in [0, 0.1) is 10.1 Å². The average molecular weight is 372 g/mol. The standard InChI is InChI=1S/C19H20N2O4S/c1-20(17-11-12-18(17)25-2)19(22)13-3-7-15(8-4-13)26-16-9-5-14(6-10-16)21(23)24/h3-10,17-18H,11-12H2,1-2H3/t17-,18-/m1/s1. The van der Waals surface area contributed by atoms with E-state index in [0.717, 1.165) is 22.6 Å². The van der Waals surface area contributed by atoms with Crippen LogP contribution in [-0.2, 0) is 4.74 Å². The first-order valence-corrected chi connectivity index (χ1v) is 9.13. The van der Waals surface area contributed by atoms with Gasteiger partial charge in [0.2, 0.25) is 0 Å². The van der Waals surface area contributed by atoms with Gasteiger partial charge >= 0.3 is 0 Å². The van der Waals surface area contributed by atoms with Crippen LogP contribution < -0.4 is 0 Å². The number of benzene rings is 2. The van der Waals surface area contributed by atoms with Crippen LogP contribution in [0.1, 0.15) is 23.2 Å². The maximum atomic E-state index is 12.6. The molecule has 1 fully saturated rings. The van der Waals surface area contributed by atoms with Crippen LogP contribution in [0.4, 0.5) is 5.69 Å². The first-order chi connectivity index (χ1) is 12.5. The number of rotatable bonds is 6. The minimum atomic E-state index is -0.415. The Labute approximate surface area is 156 Å². The topological polar surface area (TPSA) is 72.7 Å². The van der Waals surface area contributed by atoms with Crippen molar-refractivity contribution in [3.8, 4) is 0 Å². The van der Waals surface area contributed by atoms with E-state index in [1.54, 1.807) is 24.1 Å². The molecule has 136 valence electrons. The summed E-state index contributed by atoms with van der Waals surface area (Å²) in [7, 11) is 3.50. The summed E-state index contributed by atoms with van der Waals surface area (Å²) < 4.78 is 5.38. The van der Waals surface area contributed by atoms with E-state index in [-0.39, 0.29) is 23.7 Å². The third kappa shape index (κ3) is 3.89. The van der Waals surface area contributed by atoms with Crippen LogP contribution in [-0.4, -0.2) is 42.0 Å². The average Bonchev–Trinajstić information content (AvgIpc) is 2.61. The fourth-order valence-electron chi connectivity index (χ4n) is 2.96. The molecule has 0 heterocycles. The second kappa shape index (κ2) is 7.88. The molecule has 2 aromatic rings. The number of likely N-dealkylation sites (N-methyl/N-ethyl adjacent to an activating group) is 1. The molecule has 0 aliphatic heterocycles. The molecule has 3 rings (SSSR count). The fourth-order valence-corrected chi connectivity index (χ4v) is 3.78. The number of nitro groups is 1. The van der Waals surface area contributed by atoms with Gasteiger partial charge in [0.1, 0.15) is 0 Å². The predicted molar refractivity (Wildman–Crippen MR) is 99.6 cm³/mol. The zero-order chi connectivity index (χ0) is 18.7. The SMILES string of the molecule is CO[C@@H]1CC[C@H]1N(C)C(=O)c1ccc(Sc2ccc([N+](=O)[O-])cc2)cc1. The summed E-state index contributed by atoms with van der Waals surface area (Å²) in [4.78, 5) is 26.5. The monoisotopic (exact) mass is 372 g/mol. The van der Waals surface area contributed by atoms with Crippen LogP contribution in [0.3, 0.4) is 0 Å². The van der Waals surface area contributed by atoms with Gasteiger partial charge < -0.3 is 9.64 Å². The Morgan fingerprint density at radius 1 is 1.12 bits per heavy atom. The van der Waals surface area contributed by atoms with E-state index in [0.29, 0.717) is 5.56 Å². The number of hydrogen-bond acceptors (Lipinski definition) is 5. The Morgan fingerprint density at radius 2 is 1.69 bits per heavy atom. The van der Waals surface area contributed by atoms with Crippen molar-refractivity contribution in [1.29, 1.82) is 0 Å². The Bertz CT molecular complexity index is 790. The highest BCUT2D eigenvalue weighted by Gasteiger charge is 2.36. The molecule has 0 aromatic heterocycles. The number of carbonyl (C=O) groups is 1. The zero-order valence-corrected chi connectivity index (χ0v) is 15.4. The smallest absolute Gasteiger partial charge is 0.269 e. The van der Waals surface area contributed by atoms with E-state index in [9.17, 15) is 14.9 Å². The van der Waals surface area contributed by atoms with Gasteiger partial charge in [-0.05, 0) is 49.2 Å². The van der Waals surface area contributed by atoms with Crippen molar-refractivity contribution < 1.29 is 14.5 Å². The van der Waals surface area contributed by atoms with Gasteiger partial charge in [-0.2, -0.15) is 0 Å². The number of amides is 1. The molecular formula is C19H20N2O4S.